The predicted octanol–water partition coefficient (Wildman–Crippen LogP) is 6.43. The predicted molar refractivity (Wildman–Crippen MR) is 99.7 cm³/mol. The van der Waals surface area contributed by atoms with Gasteiger partial charge < -0.3 is 0 Å². The van der Waals surface area contributed by atoms with Crippen LogP contribution in [0, 0.1) is 5.92 Å². The van der Waals surface area contributed by atoms with Crippen LogP contribution in [0.4, 0.5) is 5.69 Å². The van der Waals surface area contributed by atoms with Gasteiger partial charge in [-0.2, -0.15) is 4.99 Å². The number of halogens is 1. The van der Waals surface area contributed by atoms with E-state index in [9.17, 15) is 0 Å². The molecule has 1 saturated carbocycles. The molecule has 0 amide bonds. The molecule has 2 nitrogen and oxygen atoms in total. The van der Waals surface area contributed by atoms with Crippen molar-refractivity contribution in [2.75, 3.05) is 0 Å². The molecular formula is C19H19ClN2S. The van der Waals surface area contributed by atoms with Crippen molar-refractivity contribution in [2.45, 2.75) is 38.5 Å². The van der Waals surface area contributed by atoms with E-state index in [-0.39, 0.29) is 0 Å². The van der Waals surface area contributed by atoms with Crippen molar-refractivity contribution >= 4 is 34.7 Å². The Morgan fingerprint density at radius 3 is 2.39 bits per heavy atom. The number of isothiocyanates is 1. The first-order chi connectivity index (χ1) is 11.2. The first-order valence-electron chi connectivity index (χ1n) is 8.02. The maximum absolute atomic E-state index is 6.13. The minimum atomic E-state index is 0.352. The van der Waals surface area contributed by atoms with Crippen molar-refractivity contribution in [3.63, 3.8) is 0 Å². The molecule has 0 N–H and O–H groups in total. The quantitative estimate of drug-likeness (QED) is 0.365. The fraction of sp³-hybridized carbons (Fsp3) is 0.368. The number of benzene rings is 1. The molecule has 1 heterocycles. The van der Waals surface area contributed by atoms with E-state index < -0.39 is 0 Å². The van der Waals surface area contributed by atoms with Crippen molar-refractivity contribution in [3.05, 3.63) is 47.1 Å². The normalized spacial score (nSPS) is 20.8. The van der Waals surface area contributed by atoms with Gasteiger partial charge in [0.05, 0.1) is 10.9 Å². The number of thiocarbonyl (C=S) groups is 1. The Hall–Kier alpha value is -1.54. The molecular weight excluding hydrogens is 324 g/mol. The number of pyridine rings is 1. The van der Waals surface area contributed by atoms with E-state index in [2.05, 4.69) is 58.5 Å². The Kier molecular flexibility index (Phi) is 5.22. The average molecular weight is 343 g/mol. The second kappa shape index (κ2) is 7.35. The summed E-state index contributed by atoms with van der Waals surface area (Å²) in [5, 5.41) is 2.67. The number of nitrogens with zero attached hydrogens (tertiary/aromatic N) is 2. The number of rotatable bonds is 3. The Balaban J connectivity index is 1.79. The number of aliphatic imine (C=N–C) groups is 1. The second-order valence-corrected chi connectivity index (χ2v) is 6.83. The summed E-state index contributed by atoms with van der Waals surface area (Å²) >= 11 is 10.7. The number of hydrogen-bond donors (Lipinski definition) is 0. The van der Waals surface area contributed by atoms with Gasteiger partial charge in [-0.25, -0.2) is 4.98 Å². The van der Waals surface area contributed by atoms with Gasteiger partial charge in [0.1, 0.15) is 5.69 Å². The van der Waals surface area contributed by atoms with E-state index >= 15 is 0 Å². The monoisotopic (exact) mass is 342 g/mol. The van der Waals surface area contributed by atoms with Gasteiger partial charge in [0.25, 0.3) is 0 Å². The fourth-order valence-electron chi connectivity index (χ4n) is 3.24. The Morgan fingerprint density at radius 2 is 1.78 bits per heavy atom. The molecule has 3 rings (SSSR count). The third-order valence-electron chi connectivity index (χ3n) is 4.69. The van der Waals surface area contributed by atoms with Crippen LogP contribution < -0.4 is 0 Å². The lowest BCUT2D eigenvalue weighted by Gasteiger charge is -2.26. The lowest BCUT2D eigenvalue weighted by molar-refractivity contribution is 0.348. The molecule has 118 valence electrons. The number of hydrogen-bond acceptors (Lipinski definition) is 3. The van der Waals surface area contributed by atoms with E-state index in [4.69, 9.17) is 11.6 Å². The summed E-state index contributed by atoms with van der Waals surface area (Å²) in [4.78, 5) is 8.29. The van der Waals surface area contributed by atoms with Crippen molar-refractivity contribution in [1.82, 2.24) is 4.98 Å². The van der Waals surface area contributed by atoms with Gasteiger partial charge in [-0.1, -0.05) is 55.6 Å². The lowest BCUT2D eigenvalue weighted by Crippen LogP contribution is -2.10. The molecule has 1 aliphatic carbocycles. The molecule has 0 unspecified atom stereocenters. The zero-order valence-corrected chi connectivity index (χ0v) is 14.7. The smallest absolute Gasteiger partial charge is 0.156 e. The van der Waals surface area contributed by atoms with E-state index in [1.807, 2.05) is 12.1 Å². The third kappa shape index (κ3) is 3.87. The molecule has 1 aromatic heterocycles. The molecule has 4 heteroatoms. The molecule has 0 bridgehead atoms. The molecule has 0 radical (unpaired) electrons. The maximum Gasteiger partial charge on any atom is 0.156 e. The van der Waals surface area contributed by atoms with Crippen LogP contribution in [0.15, 0.2) is 41.4 Å². The summed E-state index contributed by atoms with van der Waals surface area (Å²) < 4.78 is 0. The van der Waals surface area contributed by atoms with Gasteiger partial charge in [0, 0.05) is 5.56 Å². The summed E-state index contributed by atoms with van der Waals surface area (Å²) in [6, 6.07) is 12.5. The maximum atomic E-state index is 6.13. The van der Waals surface area contributed by atoms with Crippen molar-refractivity contribution < 1.29 is 0 Å². The minimum absolute atomic E-state index is 0.352. The summed E-state index contributed by atoms with van der Waals surface area (Å²) in [5.41, 5.74) is 3.91. The highest BCUT2D eigenvalue weighted by atomic mass is 35.5. The molecule has 1 aliphatic rings. The third-order valence-corrected chi connectivity index (χ3v) is 5.06. The van der Waals surface area contributed by atoms with Gasteiger partial charge in [-0.15, -0.1) is 0 Å². The summed E-state index contributed by atoms with van der Waals surface area (Å²) in [6.45, 7) is 2.35. The Labute approximate surface area is 147 Å². The topological polar surface area (TPSA) is 25.2 Å². The zero-order chi connectivity index (χ0) is 16.2. The largest absolute Gasteiger partial charge is 0.234 e. The van der Waals surface area contributed by atoms with Crippen LogP contribution in [-0.4, -0.2) is 10.1 Å². The molecule has 2 aromatic rings. The lowest BCUT2D eigenvalue weighted by atomic mass is 9.79. The molecule has 0 aliphatic heterocycles. The van der Waals surface area contributed by atoms with Gasteiger partial charge in [-0.05, 0) is 54.6 Å². The van der Waals surface area contributed by atoms with Gasteiger partial charge in [0.15, 0.2) is 5.15 Å². The van der Waals surface area contributed by atoms with Gasteiger partial charge in [-0.3, -0.25) is 0 Å². The highest BCUT2D eigenvalue weighted by Crippen LogP contribution is 2.36. The average Bonchev–Trinajstić information content (AvgIpc) is 2.58. The van der Waals surface area contributed by atoms with Crippen molar-refractivity contribution in [2.24, 2.45) is 10.9 Å². The van der Waals surface area contributed by atoms with E-state index in [1.54, 1.807) is 0 Å². The number of aromatic nitrogens is 1. The van der Waals surface area contributed by atoms with Crippen LogP contribution in [0.2, 0.25) is 5.15 Å². The molecule has 0 atom stereocenters. The molecule has 1 fully saturated rings. The van der Waals surface area contributed by atoms with Crippen LogP contribution in [-0.2, 0) is 0 Å². The Morgan fingerprint density at radius 1 is 1.09 bits per heavy atom. The molecule has 0 spiro atoms. The van der Waals surface area contributed by atoms with Crippen LogP contribution in [0.1, 0.15) is 44.1 Å². The zero-order valence-electron chi connectivity index (χ0n) is 13.1. The highest BCUT2D eigenvalue weighted by Gasteiger charge is 2.19. The van der Waals surface area contributed by atoms with Crippen molar-refractivity contribution in [3.8, 4) is 11.3 Å². The first kappa shape index (κ1) is 16.3. The van der Waals surface area contributed by atoms with Crippen molar-refractivity contribution in [1.29, 1.82) is 0 Å². The molecule has 23 heavy (non-hydrogen) atoms. The highest BCUT2D eigenvalue weighted by molar-refractivity contribution is 7.78. The van der Waals surface area contributed by atoms with Gasteiger partial charge >= 0.3 is 0 Å². The summed E-state index contributed by atoms with van der Waals surface area (Å²) in [6.07, 6.45) is 5.28. The Bertz CT molecular complexity index is 728. The standard InChI is InChI=1S/C19H19ClN2S/c1-13-2-4-14(5-3-13)15-6-8-16(9-7-15)17-10-11-18(21-12-23)19(20)22-17/h6-11,13-14H,2-5H2,1H3. The molecule has 1 aromatic carbocycles. The van der Waals surface area contributed by atoms with Crippen LogP contribution >= 0.6 is 23.8 Å². The summed E-state index contributed by atoms with van der Waals surface area (Å²) in [5.74, 6) is 1.58. The minimum Gasteiger partial charge on any atom is -0.234 e. The first-order valence-corrected chi connectivity index (χ1v) is 8.80. The summed E-state index contributed by atoms with van der Waals surface area (Å²) in [7, 11) is 0. The van der Waals surface area contributed by atoms with E-state index in [1.165, 1.54) is 31.2 Å². The van der Waals surface area contributed by atoms with E-state index in [0.29, 0.717) is 16.8 Å². The fourth-order valence-corrected chi connectivity index (χ4v) is 3.53. The van der Waals surface area contributed by atoms with Crippen LogP contribution in [0.25, 0.3) is 11.3 Å². The molecule has 0 saturated heterocycles. The van der Waals surface area contributed by atoms with Crippen LogP contribution in [0.3, 0.4) is 0 Å². The SMILES string of the molecule is CC1CCC(c2ccc(-c3ccc(N=C=S)c(Cl)n3)cc2)CC1. The van der Waals surface area contributed by atoms with Gasteiger partial charge in [0.2, 0.25) is 0 Å². The van der Waals surface area contributed by atoms with Crippen LogP contribution in [0.5, 0.6) is 0 Å². The van der Waals surface area contributed by atoms with E-state index in [0.717, 1.165) is 17.2 Å². The second-order valence-electron chi connectivity index (χ2n) is 6.29.